The van der Waals surface area contributed by atoms with Gasteiger partial charge < -0.3 is 13.9 Å². The van der Waals surface area contributed by atoms with E-state index in [1.807, 2.05) is 48.5 Å². The number of rotatable bonds is 2. The second-order valence-corrected chi connectivity index (χ2v) is 5.49. The molecule has 0 aliphatic rings. The Kier molecular flexibility index (Phi) is 5.62. The fraction of sp³-hybridized carbons (Fsp3) is 0.0870. The third-order valence-electron chi connectivity index (χ3n) is 3.63. The normalized spacial score (nSPS) is 9.41. The molecule has 1 heterocycles. The maximum Gasteiger partial charge on any atom is 0.338 e. The lowest BCUT2D eigenvalue weighted by molar-refractivity contribution is 0.414. The van der Waals surface area contributed by atoms with E-state index in [1.54, 1.807) is 20.3 Å². The maximum absolute atomic E-state index is 11.8. The van der Waals surface area contributed by atoms with Gasteiger partial charge in [0.15, 0.2) is 5.76 Å². The summed E-state index contributed by atoms with van der Waals surface area (Å²) in [6, 6.07) is 17.6. The predicted octanol–water partition coefficient (Wildman–Crippen LogP) is 3.46. The third-order valence-corrected chi connectivity index (χ3v) is 3.63. The van der Waals surface area contributed by atoms with Crippen LogP contribution in [-0.2, 0) is 0 Å². The average Bonchev–Trinajstić information content (AvgIpc) is 2.71. The number of methoxy groups -OCH3 is 2. The molecular weight excluding hydrogens is 340 g/mol. The molecule has 1 aromatic heterocycles. The van der Waals surface area contributed by atoms with E-state index in [1.165, 1.54) is 6.07 Å². The van der Waals surface area contributed by atoms with Crippen LogP contribution in [0.5, 0.6) is 11.5 Å². The van der Waals surface area contributed by atoms with Crippen molar-refractivity contribution in [2.45, 2.75) is 0 Å². The van der Waals surface area contributed by atoms with Crippen molar-refractivity contribution in [3.8, 4) is 35.2 Å². The van der Waals surface area contributed by atoms with Crippen molar-refractivity contribution < 1.29 is 13.9 Å². The first-order valence-corrected chi connectivity index (χ1v) is 8.13. The zero-order valence-corrected chi connectivity index (χ0v) is 14.9. The Hall–Kier alpha value is -3.89. The Bertz CT molecular complexity index is 1010. The molecule has 0 aliphatic carbocycles. The lowest BCUT2D eigenvalue weighted by atomic mass is 10.2. The van der Waals surface area contributed by atoms with Gasteiger partial charge in [-0.1, -0.05) is 17.8 Å². The van der Waals surface area contributed by atoms with Gasteiger partial charge >= 0.3 is 5.63 Å². The van der Waals surface area contributed by atoms with Gasteiger partial charge in [-0.05, 0) is 54.5 Å². The fourth-order valence-electron chi connectivity index (χ4n) is 2.24. The standard InChI is InChI=1S/C23H16O4/c1-25-20-10-5-17(6-11-20)3-4-19-15-22(27-23(24)16-19)14-9-18-7-12-21(26-2)13-8-18/h5-8,10-13,15-16H,1-2H3. The van der Waals surface area contributed by atoms with E-state index in [-0.39, 0.29) is 5.76 Å². The summed E-state index contributed by atoms with van der Waals surface area (Å²) >= 11 is 0. The molecule has 0 amide bonds. The SMILES string of the molecule is COc1ccc(C#Cc2cc(C#Cc3ccc(OC)cc3)oc(=O)c2)cc1. The van der Waals surface area contributed by atoms with Crippen LogP contribution in [0.25, 0.3) is 0 Å². The lowest BCUT2D eigenvalue weighted by Gasteiger charge is -1.97. The molecule has 0 atom stereocenters. The highest BCUT2D eigenvalue weighted by Crippen LogP contribution is 2.11. The topological polar surface area (TPSA) is 48.7 Å². The van der Waals surface area contributed by atoms with Gasteiger partial charge in [-0.3, -0.25) is 0 Å². The summed E-state index contributed by atoms with van der Waals surface area (Å²) in [6.07, 6.45) is 0. The van der Waals surface area contributed by atoms with E-state index in [0.29, 0.717) is 5.56 Å². The van der Waals surface area contributed by atoms with Gasteiger partial charge in [-0.15, -0.1) is 0 Å². The van der Waals surface area contributed by atoms with Crippen LogP contribution in [0.4, 0.5) is 0 Å². The predicted molar refractivity (Wildman–Crippen MR) is 103 cm³/mol. The van der Waals surface area contributed by atoms with Gasteiger partial charge in [0.2, 0.25) is 0 Å². The van der Waals surface area contributed by atoms with E-state index < -0.39 is 5.63 Å². The number of hydrogen-bond donors (Lipinski definition) is 0. The maximum atomic E-state index is 11.8. The third kappa shape index (κ3) is 5.04. The van der Waals surface area contributed by atoms with Crippen molar-refractivity contribution in [2.24, 2.45) is 0 Å². The van der Waals surface area contributed by atoms with E-state index in [9.17, 15) is 4.79 Å². The van der Waals surface area contributed by atoms with Gasteiger partial charge in [0.05, 0.1) is 14.2 Å². The Labute approximate surface area is 157 Å². The summed E-state index contributed by atoms with van der Waals surface area (Å²) in [7, 11) is 3.21. The van der Waals surface area contributed by atoms with E-state index >= 15 is 0 Å². The minimum Gasteiger partial charge on any atom is -0.497 e. The largest absolute Gasteiger partial charge is 0.497 e. The van der Waals surface area contributed by atoms with E-state index in [0.717, 1.165) is 22.6 Å². The first-order chi connectivity index (χ1) is 13.2. The van der Waals surface area contributed by atoms with Crippen molar-refractivity contribution in [1.29, 1.82) is 0 Å². The molecule has 132 valence electrons. The number of hydrogen-bond acceptors (Lipinski definition) is 4. The molecule has 4 nitrogen and oxygen atoms in total. The fourth-order valence-corrected chi connectivity index (χ4v) is 2.24. The molecule has 0 saturated heterocycles. The monoisotopic (exact) mass is 356 g/mol. The van der Waals surface area contributed by atoms with Crippen molar-refractivity contribution in [3.05, 3.63) is 93.5 Å². The Morgan fingerprint density at radius 3 is 1.67 bits per heavy atom. The molecule has 0 N–H and O–H groups in total. The van der Waals surface area contributed by atoms with Crippen LogP contribution < -0.4 is 15.1 Å². The van der Waals surface area contributed by atoms with Gasteiger partial charge in [0.1, 0.15) is 11.5 Å². The van der Waals surface area contributed by atoms with Crippen LogP contribution in [0.2, 0.25) is 0 Å². The van der Waals surface area contributed by atoms with Crippen LogP contribution in [0.15, 0.2) is 69.9 Å². The average molecular weight is 356 g/mol. The molecule has 0 unspecified atom stereocenters. The second kappa shape index (κ2) is 8.47. The highest BCUT2D eigenvalue weighted by Gasteiger charge is 1.98. The zero-order chi connectivity index (χ0) is 19.1. The Morgan fingerprint density at radius 2 is 1.15 bits per heavy atom. The zero-order valence-electron chi connectivity index (χ0n) is 14.9. The molecule has 4 heteroatoms. The summed E-state index contributed by atoms with van der Waals surface area (Å²) in [5.41, 5.74) is 1.65. The molecule has 0 spiro atoms. The van der Waals surface area contributed by atoms with Gasteiger partial charge in [0.25, 0.3) is 0 Å². The summed E-state index contributed by atoms with van der Waals surface area (Å²) < 4.78 is 15.4. The first-order valence-electron chi connectivity index (χ1n) is 8.13. The molecule has 0 aliphatic heterocycles. The molecule has 3 aromatic rings. The first kappa shape index (κ1) is 17.9. The highest BCUT2D eigenvalue weighted by molar-refractivity contribution is 5.47. The molecular formula is C23H16O4. The van der Waals surface area contributed by atoms with E-state index in [2.05, 4.69) is 23.7 Å². The van der Waals surface area contributed by atoms with Crippen LogP contribution in [0.3, 0.4) is 0 Å². The van der Waals surface area contributed by atoms with Crippen LogP contribution in [-0.4, -0.2) is 14.2 Å². The van der Waals surface area contributed by atoms with Crippen molar-refractivity contribution in [1.82, 2.24) is 0 Å². The quantitative estimate of drug-likeness (QED) is 0.660. The Balaban J connectivity index is 1.83. The Morgan fingerprint density at radius 1 is 0.667 bits per heavy atom. The van der Waals surface area contributed by atoms with E-state index in [4.69, 9.17) is 13.9 Å². The van der Waals surface area contributed by atoms with Crippen LogP contribution in [0, 0.1) is 23.7 Å². The number of ether oxygens (including phenoxy) is 2. The van der Waals surface area contributed by atoms with Gasteiger partial charge in [-0.2, -0.15) is 0 Å². The minimum atomic E-state index is -0.490. The van der Waals surface area contributed by atoms with Crippen molar-refractivity contribution in [3.63, 3.8) is 0 Å². The van der Waals surface area contributed by atoms with Crippen LogP contribution in [0.1, 0.15) is 22.5 Å². The molecule has 27 heavy (non-hydrogen) atoms. The molecule has 0 fully saturated rings. The lowest BCUT2D eigenvalue weighted by Crippen LogP contribution is -1.99. The molecule has 3 rings (SSSR count). The summed E-state index contributed by atoms with van der Waals surface area (Å²) in [6.45, 7) is 0. The molecule has 0 radical (unpaired) electrons. The smallest absolute Gasteiger partial charge is 0.338 e. The number of benzene rings is 2. The molecule has 2 aromatic carbocycles. The van der Waals surface area contributed by atoms with Crippen molar-refractivity contribution >= 4 is 0 Å². The second-order valence-electron chi connectivity index (χ2n) is 5.49. The van der Waals surface area contributed by atoms with Crippen molar-refractivity contribution in [2.75, 3.05) is 14.2 Å². The van der Waals surface area contributed by atoms with Crippen LogP contribution >= 0.6 is 0 Å². The minimum absolute atomic E-state index is 0.261. The summed E-state index contributed by atoms with van der Waals surface area (Å²) in [5.74, 6) is 13.5. The van der Waals surface area contributed by atoms with Gasteiger partial charge in [-0.25, -0.2) is 4.79 Å². The van der Waals surface area contributed by atoms with Gasteiger partial charge in [0, 0.05) is 28.8 Å². The molecule has 0 saturated carbocycles. The summed E-state index contributed by atoms with van der Waals surface area (Å²) in [4.78, 5) is 11.8. The summed E-state index contributed by atoms with van der Waals surface area (Å²) in [5, 5.41) is 0. The molecule has 0 bridgehead atoms. The highest BCUT2D eigenvalue weighted by atomic mass is 16.5.